The van der Waals surface area contributed by atoms with Gasteiger partial charge in [-0.1, -0.05) is 6.08 Å². The summed E-state index contributed by atoms with van der Waals surface area (Å²) < 4.78 is 10.0. The van der Waals surface area contributed by atoms with Crippen LogP contribution in [0, 0.1) is 5.92 Å². The predicted octanol–water partition coefficient (Wildman–Crippen LogP) is -0.138. The maximum atomic E-state index is 11.1. The van der Waals surface area contributed by atoms with Gasteiger partial charge in [0.15, 0.2) is 0 Å². The molecule has 0 radical (unpaired) electrons. The van der Waals surface area contributed by atoms with Gasteiger partial charge in [-0.2, -0.15) is 0 Å². The molecule has 1 aliphatic rings. The molecule has 92 valence electrons. The Kier molecular flexibility index (Phi) is 4.92. The van der Waals surface area contributed by atoms with E-state index >= 15 is 0 Å². The van der Waals surface area contributed by atoms with Crippen molar-refractivity contribution in [3.63, 3.8) is 0 Å². The Morgan fingerprint density at radius 1 is 1.69 bits per heavy atom. The highest BCUT2D eigenvalue weighted by Gasteiger charge is 2.36. The monoisotopic (exact) mass is 230 g/mol. The summed E-state index contributed by atoms with van der Waals surface area (Å²) in [6, 6.07) is 0. The highest BCUT2D eigenvalue weighted by Crippen LogP contribution is 2.27. The fourth-order valence-corrected chi connectivity index (χ4v) is 1.88. The molecule has 1 heterocycles. The zero-order valence-electron chi connectivity index (χ0n) is 9.33. The van der Waals surface area contributed by atoms with E-state index < -0.39 is 12.2 Å². The lowest BCUT2D eigenvalue weighted by molar-refractivity contribution is -0.158. The molecule has 0 aliphatic carbocycles. The lowest BCUT2D eigenvalue weighted by Gasteiger charge is -2.37. The third-order valence-corrected chi connectivity index (χ3v) is 2.82. The number of methoxy groups -OCH3 is 1. The normalized spacial score (nSPS) is 34.4. The van der Waals surface area contributed by atoms with Crippen LogP contribution in [0.3, 0.4) is 0 Å². The van der Waals surface area contributed by atoms with E-state index in [1.54, 1.807) is 0 Å². The molecule has 0 spiro atoms. The van der Waals surface area contributed by atoms with E-state index in [1.807, 2.05) is 0 Å². The third-order valence-electron chi connectivity index (χ3n) is 2.82. The molecule has 0 aromatic rings. The minimum Gasteiger partial charge on any atom is -0.469 e. The van der Waals surface area contributed by atoms with Crippen LogP contribution in [0.5, 0.6) is 0 Å². The highest BCUT2D eigenvalue weighted by atomic mass is 16.5. The van der Waals surface area contributed by atoms with E-state index in [9.17, 15) is 9.90 Å². The summed E-state index contributed by atoms with van der Waals surface area (Å²) in [5.74, 6) is -0.646. The van der Waals surface area contributed by atoms with Crippen LogP contribution in [-0.4, -0.2) is 48.2 Å². The first-order valence-corrected chi connectivity index (χ1v) is 5.26. The van der Waals surface area contributed by atoms with Crippen molar-refractivity contribution in [2.75, 3.05) is 13.7 Å². The van der Waals surface area contributed by atoms with Gasteiger partial charge in [0.2, 0.25) is 0 Å². The average molecular weight is 230 g/mol. The van der Waals surface area contributed by atoms with Crippen LogP contribution in [0.4, 0.5) is 0 Å². The van der Waals surface area contributed by atoms with Gasteiger partial charge in [0.05, 0.1) is 25.7 Å². The first kappa shape index (κ1) is 13.2. The lowest BCUT2D eigenvalue weighted by Crippen LogP contribution is -2.46. The molecule has 2 N–H and O–H groups in total. The molecule has 5 nitrogen and oxygen atoms in total. The molecular weight excluding hydrogens is 212 g/mol. The van der Waals surface area contributed by atoms with Crippen LogP contribution in [-0.2, 0) is 14.3 Å². The molecule has 1 aliphatic heterocycles. The number of hydrogen-bond acceptors (Lipinski definition) is 5. The van der Waals surface area contributed by atoms with Gasteiger partial charge in [-0.05, 0) is 6.42 Å². The molecule has 0 aromatic carbocycles. The van der Waals surface area contributed by atoms with Crippen molar-refractivity contribution in [1.82, 2.24) is 0 Å². The SMILES string of the molecule is C=C[C@H]1O[C@H](CC(=O)OC)C[C@@H](CO)[C@@H]1O. The van der Waals surface area contributed by atoms with Crippen molar-refractivity contribution in [1.29, 1.82) is 0 Å². The summed E-state index contributed by atoms with van der Waals surface area (Å²) >= 11 is 0. The van der Waals surface area contributed by atoms with Gasteiger partial charge >= 0.3 is 5.97 Å². The van der Waals surface area contributed by atoms with Crippen molar-refractivity contribution < 1.29 is 24.5 Å². The summed E-state index contributed by atoms with van der Waals surface area (Å²) in [6.45, 7) is 3.42. The summed E-state index contributed by atoms with van der Waals surface area (Å²) in [5, 5.41) is 18.9. The van der Waals surface area contributed by atoms with E-state index in [-0.39, 0.29) is 31.0 Å². The second-order valence-corrected chi connectivity index (χ2v) is 3.91. The molecule has 0 bridgehead atoms. The van der Waals surface area contributed by atoms with E-state index in [1.165, 1.54) is 13.2 Å². The van der Waals surface area contributed by atoms with Crippen LogP contribution >= 0.6 is 0 Å². The Hall–Kier alpha value is -0.910. The second-order valence-electron chi connectivity index (χ2n) is 3.91. The predicted molar refractivity (Wildman–Crippen MR) is 56.7 cm³/mol. The van der Waals surface area contributed by atoms with Gasteiger partial charge in [0.1, 0.15) is 6.10 Å². The Labute approximate surface area is 94.7 Å². The molecule has 1 rings (SSSR count). The molecule has 0 amide bonds. The van der Waals surface area contributed by atoms with Gasteiger partial charge in [-0.15, -0.1) is 6.58 Å². The molecule has 1 fully saturated rings. The summed E-state index contributed by atoms with van der Waals surface area (Å²) in [5.41, 5.74) is 0. The average Bonchev–Trinajstić information content (AvgIpc) is 2.30. The number of carbonyl (C=O) groups excluding carboxylic acids is 1. The second kappa shape index (κ2) is 5.98. The van der Waals surface area contributed by atoms with Gasteiger partial charge in [-0.25, -0.2) is 0 Å². The minimum absolute atomic E-state index is 0.129. The van der Waals surface area contributed by atoms with E-state index in [4.69, 9.17) is 9.84 Å². The maximum absolute atomic E-state index is 11.1. The molecule has 16 heavy (non-hydrogen) atoms. The van der Waals surface area contributed by atoms with Crippen molar-refractivity contribution in [3.05, 3.63) is 12.7 Å². The molecule has 4 atom stereocenters. The quantitative estimate of drug-likeness (QED) is 0.519. The number of aliphatic hydroxyl groups is 2. The van der Waals surface area contributed by atoms with Crippen LogP contribution in [0.15, 0.2) is 12.7 Å². The zero-order chi connectivity index (χ0) is 12.1. The molecule has 1 saturated heterocycles. The van der Waals surface area contributed by atoms with Gasteiger partial charge in [-0.3, -0.25) is 4.79 Å². The van der Waals surface area contributed by atoms with Crippen molar-refractivity contribution in [2.24, 2.45) is 5.92 Å². The van der Waals surface area contributed by atoms with E-state index in [0.29, 0.717) is 6.42 Å². The van der Waals surface area contributed by atoms with Crippen molar-refractivity contribution >= 4 is 5.97 Å². The maximum Gasteiger partial charge on any atom is 0.308 e. The smallest absolute Gasteiger partial charge is 0.308 e. The van der Waals surface area contributed by atoms with E-state index in [2.05, 4.69) is 11.3 Å². The number of ether oxygens (including phenoxy) is 2. The number of aliphatic hydroxyl groups excluding tert-OH is 2. The van der Waals surface area contributed by atoms with Gasteiger partial charge in [0.25, 0.3) is 0 Å². The fourth-order valence-electron chi connectivity index (χ4n) is 1.88. The van der Waals surface area contributed by atoms with Crippen LogP contribution in [0.25, 0.3) is 0 Å². The molecule has 5 heteroatoms. The van der Waals surface area contributed by atoms with Gasteiger partial charge in [0, 0.05) is 12.5 Å². The topological polar surface area (TPSA) is 76.0 Å². The van der Waals surface area contributed by atoms with Crippen LogP contribution in [0.1, 0.15) is 12.8 Å². The van der Waals surface area contributed by atoms with Crippen LogP contribution < -0.4 is 0 Å². The summed E-state index contributed by atoms with van der Waals surface area (Å²) in [7, 11) is 1.31. The molecule has 0 unspecified atom stereocenters. The first-order valence-electron chi connectivity index (χ1n) is 5.26. The zero-order valence-corrected chi connectivity index (χ0v) is 9.33. The third kappa shape index (κ3) is 3.04. The first-order chi connectivity index (χ1) is 7.62. The van der Waals surface area contributed by atoms with E-state index in [0.717, 1.165) is 0 Å². The standard InChI is InChI=1S/C11H18O5/c1-3-9-11(14)7(6-12)4-8(16-9)5-10(13)15-2/h3,7-9,11-12,14H,1,4-6H2,2H3/t7-,8-,9+,11-/m0/s1. The Bertz CT molecular complexity index is 253. The Balaban J connectivity index is 2.61. The number of hydrogen-bond donors (Lipinski definition) is 2. The van der Waals surface area contributed by atoms with Gasteiger partial charge < -0.3 is 19.7 Å². The Morgan fingerprint density at radius 3 is 2.88 bits per heavy atom. The summed E-state index contributed by atoms with van der Waals surface area (Å²) in [4.78, 5) is 11.1. The fraction of sp³-hybridized carbons (Fsp3) is 0.727. The number of carbonyl (C=O) groups is 1. The minimum atomic E-state index is -0.767. The Morgan fingerprint density at radius 2 is 2.38 bits per heavy atom. The molecule has 0 saturated carbocycles. The number of rotatable bonds is 4. The van der Waals surface area contributed by atoms with Crippen LogP contribution in [0.2, 0.25) is 0 Å². The highest BCUT2D eigenvalue weighted by molar-refractivity contribution is 5.69. The molecular formula is C11H18O5. The largest absolute Gasteiger partial charge is 0.469 e. The van der Waals surface area contributed by atoms with Crippen molar-refractivity contribution in [2.45, 2.75) is 31.2 Å². The molecule has 0 aromatic heterocycles. The summed E-state index contributed by atoms with van der Waals surface area (Å²) in [6.07, 6.45) is 0.408. The number of esters is 1. The lowest BCUT2D eigenvalue weighted by atomic mass is 9.88. The van der Waals surface area contributed by atoms with Crippen molar-refractivity contribution in [3.8, 4) is 0 Å².